The van der Waals surface area contributed by atoms with Crippen LogP contribution in [-0.2, 0) is 4.74 Å². The second-order valence-corrected chi connectivity index (χ2v) is 8.18. The number of ether oxygens (including phenoxy) is 2. The molecule has 3 N–H and O–H groups in total. The molecular weight excluding hydrogens is 356 g/mol. The van der Waals surface area contributed by atoms with Crippen LogP contribution in [0.3, 0.4) is 0 Å². The third-order valence-electron chi connectivity index (χ3n) is 4.75. The van der Waals surface area contributed by atoms with Gasteiger partial charge in [0.05, 0.1) is 30.2 Å². The van der Waals surface area contributed by atoms with Crippen LogP contribution in [0.5, 0.6) is 5.75 Å². The summed E-state index contributed by atoms with van der Waals surface area (Å²) in [5.74, 6) is 0.772. The first kappa shape index (κ1) is 20.0. The molecule has 0 spiro atoms. The number of aliphatic imine (C=N–C) groups is 1. The summed E-state index contributed by atoms with van der Waals surface area (Å²) < 4.78 is 10.8. The number of amides is 1. The SMILES string of the molecule is COc1cc(-c2ccc[nH]2)[nH]c1C=NC1CCC(NC(=O)OC(C)(C)C)CC1. The second-order valence-electron chi connectivity index (χ2n) is 8.18. The van der Waals surface area contributed by atoms with Crippen molar-refractivity contribution in [2.45, 2.75) is 64.1 Å². The minimum atomic E-state index is -0.473. The predicted molar refractivity (Wildman–Crippen MR) is 110 cm³/mol. The number of nitrogens with zero attached hydrogens (tertiary/aromatic N) is 1. The van der Waals surface area contributed by atoms with Crippen molar-refractivity contribution < 1.29 is 14.3 Å². The van der Waals surface area contributed by atoms with Gasteiger partial charge in [-0.25, -0.2) is 4.79 Å². The number of carbonyl (C=O) groups is 1. The smallest absolute Gasteiger partial charge is 0.407 e. The van der Waals surface area contributed by atoms with Crippen LogP contribution in [0.15, 0.2) is 29.4 Å². The Labute approximate surface area is 165 Å². The summed E-state index contributed by atoms with van der Waals surface area (Å²) >= 11 is 0. The molecule has 0 bridgehead atoms. The molecule has 1 aliphatic rings. The summed E-state index contributed by atoms with van der Waals surface area (Å²) in [6, 6.07) is 6.33. The van der Waals surface area contributed by atoms with Gasteiger partial charge in [-0.3, -0.25) is 4.99 Å². The van der Waals surface area contributed by atoms with Crippen molar-refractivity contribution in [2.24, 2.45) is 4.99 Å². The van der Waals surface area contributed by atoms with Crippen molar-refractivity contribution in [2.75, 3.05) is 7.11 Å². The number of aromatic amines is 2. The van der Waals surface area contributed by atoms with E-state index in [1.807, 2.05) is 51.4 Å². The lowest BCUT2D eigenvalue weighted by molar-refractivity contribution is 0.0491. The summed E-state index contributed by atoms with van der Waals surface area (Å²) in [5, 5.41) is 2.96. The molecule has 3 rings (SSSR count). The van der Waals surface area contributed by atoms with Gasteiger partial charge in [0, 0.05) is 24.5 Å². The minimum Gasteiger partial charge on any atom is -0.494 e. The lowest BCUT2D eigenvalue weighted by atomic mass is 9.91. The van der Waals surface area contributed by atoms with Crippen LogP contribution < -0.4 is 10.1 Å². The second kappa shape index (κ2) is 8.54. The van der Waals surface area contributed by atoms with Gasteiger partial charge in [-0.1, -0.05) is 0 Å². The summed E-state index contributed by atoms with van der Waals surface area (Å²) in [6.45, 7) is 5.61. The number of alkyl carbamates (subject to hydrolysis) is 1. The summed E-state index contributed by atoms with van der Waals surface area (Å²) in [4.78, 5) is 23.2. The van der Waals surface area contributed by atoms with Gasteiger partial charge in [0.2, 0.25) is 0 Å². The Balaban J connectivity index is 1.53. The Bertz CT molecular complexity index is 794. The van der Waals surface area contributed by atoms with Crippen LogP contribution in [0, 0.1) is 0 Å². The van der Waals surface area contributed by atoms with Gasteiger partial charge in [0.25, 0.3) is 0 Å². The molecule has 2 heterocycles. The molecule has 7 heteroatoms. The molecule has 1 saturated carbocycles. The van der Waals surface area contributed by atoms with Crippen molar-refractivity contribution in [3.8, 4) is 17.1 Å². The van der Waals surface area contributed by atoms with Gasteiger partial charge < -0.3 is 24.8 Å². The predicted octanol–water partition coefficient (Wildman–Crippen LogP) is 4.27. The third kappa shape index (κ3) is 5.41. The average molecular weight is 386 g/mol. The zero-order valence-corrected chi connectivity index (χ0v) is 17.0. The maximum Gasteiger partial charge on any atom is 0.407 e. The molecule has 2 aromatic rings. The van der Waals surface area contributed by atoms with Gasteiger partial charge in [-0.05, 0) is 58.6 Å². The standard InChI is InChI=1S/C21H30N4O3/c1-21(2,3)28-20(26)24-15-9-7-14(8-10-15)23-13-18-19(27-4)12-17(25-18)16-6-5-11-22-16/h5-6,11-15,22,25H,7-10H2,1-4H3,(H,24,26). The molecular formula is C21H30N4O3. The number of hydrogen-bond acceptors (Lipinski definition) is 4. The first-order valence-corrected chi connectivity index (χ1v) is 9.77. The molecule has 28 heavy (non-hydrogen) atoms. The van der Waals surface area contributed by atoms with Crippen molar-refractivity contribution in [1.82, 2.24) is 15.3 Å². The van der Waals surface area contributed by atoms with Crippen LogP contribution in [0.4, 0.5) is 4.79 Å². The average Bonchev–Trinajstić information content (AvgIpc) is 3.29. The topological polar surface area (TPSA) is 91.5 Å². The van der Waals surface area contributed by atoms with E-state index < -0.39 is 5.60 Å². The molecule has 1 aliphatic carbocycles. The van der Waals surface area contributed by atoms with E-state index >= 15 is 0 Å². The Morgan fingerprint density at radius 3 is 2.61 bits per heavy atom. The molecule has 152 valence electrons. The van der Waals surface area contributed by atoms with Gasteiger partial charge >= 0.3 is 6.09 Å². The Morgan fingerprint density at radius 2 is 2.00 bits per heavy atom. The van der Waals surface area contributed by atoms with Crippen molar-refractivity contribution >= 4 is 12.3 Å². The Morgan fingerprint density at radius 1 is 1.25 bits per heavy atom. The molecule has 0 atom stereocenters. The van der Waals surface area contributed by atoms with Crippen molar-refractivity contribution in [3.63, 3.8) is 0 Å². The van der Waals surface area contributed by atoms with Gasteiger partial charge in [-0.2, -0.15) is 0 Å². The largest absolute Gasteiger partial charge is 0.494 e. The van der Waals surface area contributed by atoms with Crippen LogP contribution in [0.25, 0.3) is 11.4 Å². The fourth-order valence-electron chi connectivity index (χ4n) is 3.38. The first-order valence-electron chi connectivity index (χ1n) is 9.77. The third-order valence-corrected chi connectivity index (χ3v) is 4.75. The fraction of sp³-hybridized carbons (Fsp3) is 0.524. The van der Waals surface area contributed by atoms with E-state index in [0.717, 1.165) is 48.5 Å². The maximum atomic E-state index is 11.9. The minimum absolute atomic E-state index is 0.154. The number of methoxy groups -OCH3 is 1. The highest BCUT2D eigenvalue weighted by atomic mass is 16.6. The highest BCUT2D eigenvalue weighted by Crippen LogP contribution is 2.26. The Hall–Kier alpha value is -2.70. The lowest BCUT2D eigenvalue weighted by Gasteiger charge is -2.28. The van der Waals surface area contributed by atoms with Gasteiger partial charge in [0.1, 0.15) is 11.4 Å². The lowest BCUT2D eigenvalue weighted by Crippen LogP contribution is -2.41. The van der Waals surface area contributed by atoms with Crippen molar-refractivity contribution in [1.29, 1.82) is 0 Å². The maximum absolute atomic E-state index is 11.9. The van der Waals surface area contributed by atoms with Crippen LogP contribution in [0.2, 0.25) is 0 Å². The number of nitrogens with one attached hydrogen (secondary N) is 3. The van der Waals surface area contributed by atoms with E-state index in [-0.39, 0.29) is 18.2 Å². The zero-order valence-electron chi connectivity index (χ0n) is 17.0. The number of hydrogen-bond donors (Lipinski definition) is 3. The molecule has 1 fully saturated rings. The van der Waals surface area contributed by atoms with Crippen LogP contribution in [-0.4, -0.2) is 47.1 Å². The molecule has 0 saturated heterocycles. The number of aromatic nitrogens is 2. The van der Waals surface area contributed by atoms with Crippen LogP contribution in [0.1, 0.15) is 52.1 Å². The number of carbonyl (C=O) groups excluding carboxylic acids is 1. The molecule has 0 radical (unpaired) electrons. The molecule has 0 aromatic carbocycles. The van der Waals surface area contributed by atoms with E-state index in [4.69, 9.17) is 14.5 Å². The monoisotopic (exact) mass is 386 g/mol. The van der Waals surface area contributed by atoms with E-state index in [0.29, 0.717) is 0 Å². The molecule has 0 aliphatic heterocycles. The summed E-state index contributed by atoms with van der Waals surface area (Å²) in [7, 11) is 1.66. The van der Waals surface area contributed by atoms with Gasteiger partial charge in [0.15, 0.2) is 0 Å². The summed E-state index contributed by atoms with van der Waals surface area (Å²) in [5.41, 5.74) is 2.36. The summed E-state index contributed by atoms with van der Waals surface area (Å²) in [6.07, 6.45) is 7.07. The van der Waals surface area contributed by atoms with Crippen molar-refractivity contribution in [3.05, 3.63) is 30.1 Å². The highest BCUT2D eigenvalue weighted by molar-refractivity contribution is 5.83. The molecule has 1 amide bonds. The number of rotatable bonds is 5. The Kier molecular flexibility index (Phi) is 6.11. The van der Waals surface area contributed by atoms with E-state index in [1.165, 1.54) is 0 Å². The normalized spacial score (nSPS) is 20.3. The number of H-pyrrole nitrogens is 2. The molecule has 2 aromatic heterocycles. The molecule has 7 nitrogen and oxygen atoms in total. The highest BCUT2D eigenvalue weighted by Gasteiger charge is 2.24. The zero-order chi connectivity index (χ0) is 20.1. The first-order chi connectivity index (χ1) is 13.3. The van der Waals surface area contributed by atoms with E-state index in [9.17, 15) is 4.79 Å². The fourth-order valence-corrected chi connectivity index (χ4v) is 3.38. The van der Waals surface area contributed by atoms with E-state index in [1.54, 1.807) is 7.11 Å². The molecule has 0 unspecified atom stereocenters. The van der Waals surface area contributed by atoms with E-state index in [2.05, 4.69) is 15.3 Å². The quantitative estimate of drug-likeness (QED) is 0.670. The van der Waals surface area contributed by atoms with Crippen LogP contribution >= 0.6 is 0 Å². The van der Waals surface area contributed by atoms with Gasteiger partial charge in [-0.15, -0.1) is 0 Å².